The van der Waals surface area contributed by atoms with E-state index in [1.54, 1.807) is 12.1 Å². The van der Waals surface area contributed by atoms with Crippen LogP contribution in [-0.4, -0.2) is 81.9 Å². The fourth-order valence-electron chi connectivity index (χ4n) is 6.00. The molecule has 1 saturated heterocycles. The van der Waals surface area contributed by atoms with E-state index in [1.165, 1.54) is 31.3 Å². The molecule has 0 radical (unpaired) electrons. The number of Topliss-reactive ketones (excluding diaryl/α,β-unsaturated/α-hetero) is 3. The number of piperazine rings is 1. The average molecular weight is 603 g/mol. The van der Waals surface area contributed by atoms with Crippen LogP contribution in [0.4, 0.5) is 18.9 Å². The van der Waals surface area contributed by atoms with E-state index in [9.17, 15) is 27.6 Å². The van der Waals surface area contributed by atoms with Crippen LogP contribution < -0.4 is 10.2 Å². The van der Waals surface area contributed by atoms with Gasteiger partial charge in [-0.05, 0) is 55.7 Å². The summed E-state index contributed by atoms with van der Waals surface area (Å²) in [4.78, 5) is 47.8. The predicted molar refractivity (Wildman–Crippen MR) is 154 cm³/mol. The molecule has 1 aromatic heterocycles. The molecule has 2 aromatic rings. The Kier molecular flexibility index (Phi) is 9.95. The van der Waals surface area contributed by atoms with Crippen molar-refractivity contribution in [1.82, 2.24) is 25.4 Å². The fourth-order valence-corrected chi connectivity index (χ4v) is 6.00. The minimum absolute atomic E-state index is 0.0102. The van der Waals surface area contributed by atoms with E-state index in [0.29, 0.717) is 18.9 Å². The van der Waals surface area contributed by atoms with E-state index < -0.39 is 41.5 Å². The zero-order valence-electron chi connectivity index (χ0n) is 24.6. The van der Waals surface area contributed by atoms with Crippen LogP contribution in [-0.2, 0) is 20.8 Å². The van der Waals surface area contributed by atoms with Crippen LogP contribution in [0.5, 0.6) is 0 Å². The van der Waals surface area contributed by atoms with Gasteiger partial charge in [0.1, 0.15) is 18.2 Å². The van der Waals surface area contributed by atoms with Crippen molar-refractivity contribution in [2.24, 2.45) is 11.8 Å². The maximum atomic E-state index is 14.5. The summed E-state index contributed by atoms with van der Waals surface area (Å²) in [6, 6.07) is 3.60. The Bertz CT molecular complexity index is 1240. The third kappa shape index (κ3) is 8.50. The van der Waals surface area contributed by atoms with Crippen LogP contribution in [0.25, 0.3) is 0 Å². The molecule has 1 aromatic carbocycles. The van der Waals surface area contributed by atoms with Gasteiger partial charge in [0, 0.05) is 63.1 Å². The summed E-state index contributed by atoms with van der Waals surface area (Å²) in [6.07, 6.45) is 1.41. The summed E-state index contributed by atoms with van der Waals surface area (Å²) in [7, 11) is 0. The Morgan fingerprint density at radius 2 is 1.74 bits per heavy atom. The highest BCUT2D eigenvalue weighted by Gasteiger charge is 2.43. The third-order valence-electron chi connectivity index (χ3n) is 8.82. The average Bonchev–Trinajstić information content (AvgIpc) is 3.93. The number of hydrogen-bond donors (Lipinski definition) is 2. The number of carbonyl (C=O) groups is 3. The van der Waals surface area contributed by atoms with Gasteiger partial charge in [0.05, 0.1) is 6.04 Å². The van der Waals surface area contributed by atoms with Crippen molar-refractivity contribution in [2.75, 3.05) is 31.1 Å². The monoisotopic (exact) mass is 602 g/mol. The van der Waals surface area contributed by atoms with Crippen molar-refractivity contribution in [3.05, 3.63) is 42.0 Å². The second kappa shape index (κ2) is 13.7. The molecule has 3 atom stereocenters. The molecule has 12 heteroatoms. The van der Waals surface area contributed by atoms with Crippen molar-refractivity contribution < 1.29 is 27.6 Å². The molecule has 9 nitrogen and oxygen atoms in total. The Labute approximate surface area is 250 Å². The van der Waals surface area contributed by atoms with Gasteiger partial charge in [-0.25, -0.2) is 4.98 Å². The molecule has 2 heterocycles. The van der Waals surface area contributed by atoms with Gasteiger partial charge in [-0.1, -0.05) is 25.5 Å². The van der Waals surface area contributed by atoms with Gasteiger partial charge in [-0.15, -0.1) is 0 Å². The lowest BCUT2D eigenvalue weighted by atomic mass is 9.87. The zero-order chi connectivity index (χ0) is 30.6. The van der Waals surface area contributed by atoms with Crippen LogP contribution in [0.2, 0.25) is 0 Å². The molecule has 0 amide bonds. The maximum Gasteiger partial charge on any atom is 0.407 e. The number of anilines is 1. The van der Waals surface area contributed by atoms with Gasteiger partial charge in [0.25, 0.3) is 0 Å². The third-order valence-corrected chi connectivity index (χ3v) is 8.82. The summed E-state index contributed by atoms with van der Waals surface area (Å²) in [5, 5.41) is 8.93. The van der Waals surface area contributed by atoms with Crippen LogP contribution in [0, 0.1) is 11.8 Å². The second-order valence-corrected chi connectivity index (χ2v) is 12.3. The van der Waals surface area contributed by atoms with Gasteiger partial charge in [-0.2, -0.15) is 18.3 Å². The van der Waals surface area contributed by atoms with Gasteiger partial charge >= 0.3 is 6.18 Å². The van der Waals surface area contributed by atoms with Gasteiger partial charge in [-0.3, -0.25) is 29.7 Å². The number of halogens is 3. The minimum atomic E-state index is -4.70. The number of alkyl halides is 3. The smallest absolute Gasteiger partial charge is 0.369 e. The molecule has 2 N–H and O–H groups in total. The predicted octanol–water partition coefficient (Wildman–Crippen LogP) is 4.21. The molecule has 0 spiro atoms. The van der Waals surface area contributed by atoms with Crippen molar-refractivity contribution in [2.45, 2.75) is 89.0 Å². The number of nitrogens with zero attached hydrogens (tertiary/aromatic N) is 4. The number of rotatable bonds is 16. The van der Waals surface area contributed by atoms with Crippen molar-refractivity contribution in [3.63, 3.8) is 0 Å². The van der Waals surface area contributed by atoms with E-state index in [1.807, 2.05) is 6.92 Å². The van der Waals surface area contributed by atoms with E-state index in [4.69, 9.17) is 0 Å². The van der Waals surface area contributed by atoms with E-state index in [2.05, 4.69) is 30.3 Å². The standard InChI is InChI=1S/C31H41F3N6O3/c1-2-3-22(29(43)27(42)16-20-4-5-20)17-26(41)25(18-28-35-19-36-38-28)37-30(31(32,33)34)21-6-8-23(9-7-21)39-12-14-40(15-13-39)24-10-11-24/h6-9,19-20,22,24-25,30,37H,2-5,10-18H2,1H3,(H,35,36,38)/t22-,25+,30+/m1/s1. The number of aromatic nitrogens is 3. The lowest BCUT2D eigenvalue weighted by molar-refractivity contribution is -0.161. The molecule has 2 saturated carbocycles. The number of nitrogens with one attached hydrogen (secondary N) is 2. The molecule has 0 unspecified atom stereocenters. The van der Waals surface area contributed by atoms with Gasteiger partial charge < -0.3 is 4.90 Å². The number of hydrogen-bond acceptors (Lipinski definition) is 8. The molecule has 5 rings (SSSR count). The summed E-state index contributed by atoms with van der Waals surface area (Å²) in [6.45, 7) is 5.38. The first kappa shape index (κ1) is 31.3. The Morgan fingerprint density at radius 1 is 1.05 bits per heavy atom. The summed E-state index contributed by atoms with van der Waals surface area (Å²) < 4.78 is 43.5. The molecule has 234 valence electrons. The zero-order valence-corrected chi connectivity index (χ0v) is 24.6. The van der Waals surface area contributed by atoms with E-state index in [0.717, 1.165) is 44.7 Å². The normalized spacial score (nSPS) is 20.0. The number of aromatic amines is 1. The number of H-pyrrole nitrogens is 1. The summed E-state index contributed by atoms with van der Waals surface area (Å²) in [5.74, 6) is -2.04. The quantitative estimate of drug-likeness (QED) is 0.275. The fraction of sp³-hybridized carbons (Fsp3) is 0.645. The molecule has 43 heavy (non-hydrogen) atoms. The minimum Gasteiger partial charge on any atom is -0.369 e. The summed E-state index contributed by atoms with van der Waals surface area (Å²) in [5.41, 5.74) is 0.857. The Balaban J connectivity index is 1.30. The first-order chi connectivity index (χ1) is 20.6. The SMILES string of the molecule is CCC[C@H](CC(=O)[C@H](Cc1ncn[nH]1)N[C@@H](c1ccc(N2CCN(C3CC3)CC2)cc1)C(F)(F)F)C(=O)C(=O)CC1CC1. The maximum absolute atomic E-state index is 14.5. The lowest BCUT2D eigenvalue weighted by Crippen LogP contribution is -2.47. The molecule has 0 bridgehead atoms. The second-order valence-electron chi connectivity index (χ2n) is 12.3. The highest BCUT2D eigenvalue weighted by molar-refractivity contribution is 6.38. The Morgan fingerprint density at radius 3 is 2.30 bits per heavy atom. The molecule has 3 aliphatic rings. The molecule has 1 aliphatic heterocycles. The topological polar surface area (TPSA) is 111 Å². The van der Waals surface area contributed by atoms with E-state index in [-0.39, 0.29) is 36.6 Å². The highest BCUT2D eigenvalue weighted by atomic mass is 19.4. The van der Waals surface area contributed by atoms with E-state index >= 15 is 0 Å². The number of ketones is 3. The Hall–Kier alpha value is -3.12. The highest BCUT2D eigenvalue weighted by Crippen LogP contribution is 2.36. The van der Waals surface area contributed by atoms with Gasteiger partial charge in [0.2, 0.25) is 5.78 Å². The first-order valence-corrected chi connectivity index (χ1v) is 15.5. The van der Waals surface area contributed by atoms with Crippen LogP contribution >= 0.6 is 0 Å². The molecule has 2 aliphatic carbocycles. The van der Waals surface area contributed by atoms with Crippen LogP contribution in [0.1, 0.15) is 75.7 Å². The van der Waals surface area contributed by atoms with Crippen molar-refractivity contribution in [1.29, 1.82) is 0 Å². The molecular formula is C31H41F3N6O3. The molecule has 3 fully saturated rings. The van der Waals surface area contributed by atoms with Crippen molar-refractivity contribution >= 4 is 23.0 Å². The first-order valence-electron chi connectivity index (χ1n) is 15.5. The largest absolute Gasteiger partial charge is 0.407 e. The number of carbonyl (C=O) groups excluding carboxylic acids is 3. The van der Waals surface area contributed by atoms with Crippen molar-refractivity contribution in [3.8, 4) is 0 Å². The summed E-state index contributed by atoms with van der Waals surface area (Å²) >= 11 is 0. The van der Waals surface area contributed by atoms with Gasteiger partial charge in [0.15, 0.2) is 11.6 Å². The number of benzene rings is 1. The van der Waals surface area contributed by atoms with Crippen LogP contribution in [0.3, 0.4) is 0 Å². The lowest BCUT2D eigenvalue weighted by Gasteiger charge is -2.36. The molecular weight excluding hydrogens is 561 g/mol. The van der Waals surface area contributed by atoms with Crippen LogP contribution in [0.15, 0.2) is 30.6 Å².